The Balaban J connectivity index is 2.48. The van der Waals surface area contributed by atoms with Gasteiger partial charge in [-0.1, -0.05) is 27.7 Å². The number of nitrogens with one attached hydrogen (secondary N) is 1. The lowest BCUT2D eigenvalue weighted by Gasteiger charge is -2.40. The summed E-state index contributed by atoms with van der Waals surface area (Å²) in [6.45, 7) is 14.0. The Morgan fingerprint density at radius 2 is 2.12 bits per heavy atom. The van der Waals surface area contributed by atoms with E-state index >= 15 is 0 Å². The van der Waals surface area contributed by atoms with Crippen LogP contribution in [0.3, 0.4) is 0 Å². The fourth-order valence-electron chi connectivity index (χ4n) is 2.37. The number of rotatable bonds is 6. The van der Waals surface area contributed by atoms with Gasteiger partial charge in [-0.15, -0.1) is 0 Å². The van der Waals surface area contributed by atoms with Gasteiger partial charge in [-0.3, -0.25) is 4.90 Å². The Bertz CT molecular complexity index is 185. The summed E-state index contributed by atoms with van der Waals surface area (Å²) in [5.74, 6) is 2.06. The Kier molecular flexibility index (Phi) is 6.78. The molecule has 96 valence electrons. The van der Waals surface area contributed by atoms with Gasteiger partial charge in [0.2, 0.25) is 0 Å². The van der Waals surface area contributed by atoms with Crippen molar-refractivity contribution in [1.82, 2.24) is 10.2 Å². The molecule has 0 saturated carbocycles. The van der Waals surface area contributed by atoms with Gasteiger partial charge in [0.15, 0.2) is 0 Å². The van der Waals surface area contributed by atoms with Crippen LogP contribution in [0.2, 0.25) is 0 Å². The minimum Gasteiger partial charge on any atom is -0.315 e. The summed E-state index contributed by atoms with van der Waals surface area (Å²) in [7, 11) is 0. The standard InChI is InChI=1S/C13H28N2S/c1-5-12-10-15(7-8-16-12)13(11(3)4)9-14-6-2/h11-14H,5-10H2,1-4H3. The van der Waals surface area contributed by atoms with Gasteiger partial charge in [-0.25, -0.2) is 0 Å². The molecule has 1 N–H and O–H groups in total. The van der Waals surface area contributed by atoms with Crippen molar-refractivity contribution in [3.63, 3.8) is 0 Å². The molecule has 0 amide bonds. The first-order chi connectivity index (χ1) is 7.69. The molecule has 0 bridgehead atoms. The molecule has 2 nitrogen and oxygen atoms in total. The highest BCUT2D eigenvalue weighted by Crippen LogP contribution is 2.24. The van der Waals surface area contributed by atoms with Crippen LogP contribution in [-0.4, -0.2) is 48.1 Å². The van der Waals surface area contributed by atoms with Gasteiger partial charge in [0.1, 0.15) is 0 Å². The molecule has 1 rings (SSSR count). The number of likely N-dealkylation sites (N-methyl/N-ethyl adjacent to an activating group) is 1. The number of nitrogens with zero attached hydrogens (tertiary/aromatic N) is 1. The molecule has 2 atom stereocenters. The first-order valence-corrected chi connectivity index (χ1v) is 7.80. The quantitative estimate of drug-likeness (QED) is 0.772. The summed E-state index contributed by atoms with van der Waals surface area (Å²) in [4.78, 5) is 2.71. The van der Waals surface area contributed by atoms with Crippen molar-refractivity contribution < 1.29 is 0 Å². The van der Waals surface area contributed by atoms with Crippen LogP contribution in [0.25, 0.3) is 0 Å². The zero-order chi connectivity index (χ0) is 12.0. The van der Waals surface area contributed by atoms with E-state index < -0.39 is 0 Å². The van der Waals surface area contributed by atoms with Crippen molar-refractivity contribution in [2.45, 2.75) is 45.4 Å². The summed E-state index contributed by atoms with van der Waals surface area (Å²) < 4.78 is 0. The lowest BCUT2D eigenvalue weighted by Crippen LogP contribution is -2.50. The normalized spacial score (nSPS) is 24.9. The highest BCUT2D eigenvalue weighted by molar-refractivity contribution is 8.00. The molecular weight excluding hydrogens is 216 g/mol. The minimum atomic E-state index is 0.717. The molecule has 16 heavy (non-hydrogen) atoms. The Hall–Kier alpha value is 0.270. The first kappa shape index (κ1) is 14.3. The SMILES string of the molecule is CCNCC(C(C)C)N1CCSC(CC)C1. The molecule has 0 aromatic heterocycles. The molecule has 1 saturated heterocycles. The van der Waals surface area contributed by atoms with Crippen LogP contribution in [0.1, 0.15) is 34.1 Å². The summed E-state index contributed by atoms with van der Waals surface area (Å²) in [6.07, 6.45) is 1.31. The summed E-state index contributed by atoms with van der Waals surface area (Å²) >= 11 is 2.16. The molecule has 2 unspecified atom stereocenters. The zero-order valence-electron chi connectivity index (χ0n) is 11.3. The fourth-order valence-corrected chi connectivity index (χ4v) is 3.57. The second kappa shape index (κ2) is 7.57. The predicted octanol–water partition coefficient (Wildman–Crippen LogP) is 2.45. The van der Waals surface area contributed by atoms with E-state index in [0.717, 1.165) is 30.3 Å². The average Bonchev–Trinajstić information content (AvgIpc) is 2.29. The van der Waals surface area contributed by atoms with Crippen LogP contribution in [0.4, 0.5) is 0 Å². The first-order valence-electron chi connectivity index (χ1n) is 6.75. The number of hydrogen-bond acceptors (Lipinski definition) is 3. The maximum absolute atomic E-state index is 3.51. The van der Waals surface area contributed by atoms with E-state index in [4.69, 9.17) is 0 Å². The van der Waals surface area contributed by atoms with Crippen LogP contribution in [0.15, 0.2) is 0 Å². The third-order valence-corrected chi connectivity index (χ3v) is 4.84. The second-order valence-electron chi connectivity index (χ2n) is 5.02. The van der Waals surface area contributed by atoms with Crippen molar-refractivity contribution in [2.75, 3.05) is 31.9 Å². The van der Waals surface area contributed by atoms with E-state index in [1.54, 1.807) is 0 Å². The summed E-state index contributed by atoms with van der Waals surface area (Å²) in [5, 5.41) is 4.37. The Morgan fingerprint density at radius 1 is 1.38 bits per heavy atom. The zero-order valence-corrected chi connectivity index (χ0v) is 12.1. The summed E-state index contributed by atoms with van der Waals surface area (Å²) in [6, 6.07) is 0.717. The van der Waals surface area contributed by atoms with Crippen molar-refractivity contribution >= 4 is 11.8 Å². The third-order valence-electron chi connectivity index (χ3n) is 3.47. The van der Waals surface area contributed by atoms with E-state index in [2.05, 4.69) is 49.7 Å². The van der Waals surface area contributed by atoms with E-state index in [1.165, 1.54) is 25.3 Å². The van der Waals surface area contributed by atoms with Gasteiger partial charge in [0, 0.05) is 36.7 Å². The van der Waals surface area contributed by atoms with Gasteiger partial charge in [0.05, 0.1) is 0 Å². The van der Waals surface area contributed by atoms with Crippen molar-refractivity contribution in [3.8, 4) is 0 Å². The van der Waals surface area contributed by atoms with Gasteiger partial charge < -0.3 is 5.32 Å². The van der Waals surface area contributed by atoms with Gasteiger partial charge in [-0.2, -0.15) is 11.8 Å². The number of thioether (sulfide) groups is 1. The molecular formula is C13H28N2S. The topological polar surface area (TPSA) is 15.3 Å². The smallest absolute Gasteiger partial charge is 0.0244 e. The molecule has 0 aromatic carbocycles. The third kappa shape index (κ3) is 4.27. The lowest BCUT2D eigenvalue weighted by molar-refractivity contribution is 0.156. The molecule has 0 aliphatic carbocycles. The van der Waals surface area contributed by atoms with Crippen molar-refractivity contribution in [2.24, 2.45) is 5.92 Å². The molecule has 1 heterocycles. The van der Waals surface area contributed by atoms with Crippen molar-refractivity contribution in [1.29, 1.82) is 0 Å². The maximum Gasteiger partial charge on any atom is 0.0244 e. The van der Waals surface area contributed by atoms with E-state index in [1.807, 2.05) is 0 Å². The van der Waals surface area contributed by atoms with E-state index in [-0.39, 0.29) is 0 Å². The van der Waals surface area contributed by atoms with E-state index in [9.17, 15) is 0 Å². The van der Waals surface area contributed by atoms with Crippen molar-refractivity contribution in [3.05, 3.63) is 0 Å². The Morgan fingerprint density at radius 3 is 2.69 bits per heavy atom. The molecule has 1 aliphatic rings. The monoisotopic (exact) mass is 244 g/mol. The molecule has 0 spiro atoms. The van der Waals surface area contributed by atoms with E-state index in [0.29, 0.717) is 0 Å². The highest BCUT2D eigenvalue weighted by Gasteiger charge is 2.26. The fraction of sp³-hybridized carbons (Fsp3) is 1.00. The lowest BCUT2D eigenvalue weighted by atomic mass is 10.0. The highest BCUT2D eigenvalue weighted by atomic mass is 32.2. The van der Waals surface area contributed by atoms with Gasteiger partial charge in [-0.05, 0) is 18.9 Å². The minimum absolute atomic E-state index is 0.717. The molecule has 1 aliphatic heterocycles. The maximum atomic E-state index is 3.51. The summed E-state index contributed by atoms with van der Waals surface area (Å²) in [5.41, 5.74) is 0. The second-order valence-corrected chi connectivity index (χ2v) is 6.42. The van der Waals surface area contributed by atoms with Crippen LogP contribution in [0, 0.1) is 5.92 Å². The van der Waals surface area contributed by atoms with Gasteiger partial charge >= 0.3 is 0 Å². The predicted molar refractivity (Wildman–Crippen MR) is 75.3 cm³/mol. The molecule has 3 heteroatoms. The molecule has 0 aromatic rings. The Labute approximate surface area is 106 Å². The van der Waals surface area contributed by atoms with Crippen LogP contribution in [-0.2, 0) is 0 Å². The average molecular weight is 244 g/mol. The molecule has 1 fully saturated rings. The van der Waals surface area contributed by atoms with Crippen LogP contribution < -0.4 is 5.32 Å². The largest absolute Gasteiger partial charge is 0.315 e. The van der Waals surface area contributed by atoms with Crippen LogP contribution >= 0.6 is 11.8 Å². The van der Waals surface area contributed by atoms with Crippen LogP contribution in [0.5, 0.6) is 0 Å². The number of hydrogen-bond donors (Lipinski definition) is 1. The molecule has 0 radical (unpaired) electrons. The van der Waals surface area contributed by atoms with Gasteiger partial charge in [0.25, 0.3) is 0 Å².